The third-order valence-corrected chi connectivity index (χ3v) is 6.55. The SMILES string of the molecule is CC(C)(C)O[C@@H]1O[C@H](CO)[C@@H](O)[C@H](O)[C@H]1O[C@@H]1O[C@H](CO)[C@@H](O[C@@H]2O[C@H](CO)[C@@H](O)[C@H](O)[C@H]2O)[C@H](O)[C@H]1O. The first-order valence-electron chi connectivity index (χ1n) is 12.3. The van der Waals surface area contributed by atoms with Crippen LogP contribution in [0.3, 0.4) is 0 Å². The largest absolute Gasteiger partial charge is 0.394 e. The summed E-state index contributed by atoms with van der Waals surface area (Å²) in [5, 5.41) is 101. The summed E-state index contributed by atoms with van der Waals surface area (Å²) < 4.78 is 33.3. The number of ether oxygens (including phenoxy) is 6. The van der Waals surface area contributed by atoms with Crippen molar-refractivity contribution >= 4 is 0 Å². The summed E-state index contributed by atoms with van der Waals surface area (Å²) in [5.41, 5.74) is -0.835. The highest BCUT2D eigenvalue weighted by molar-refractivity contribution is 4.96. The predicted molar refractivity (Wildman–Crippen MR) is 120 cm³/mol. The van der Waals surface area contributed by atoms with Crippen LogP contribution >= 0.6 is 0 Å². The number of aliphatic hydroxyl groups excluding tert-OH is 10. The summed E-state index contributed by atoms with van der Waals surface area (Å²) in [6.45, 7) is 2.86. The van der Waals surface area contributed by atoms with Crippen molar-refractivity contribution in [3.8, 4) is 0 Å². The molecule has 0 aromatic carbocycles. The van der Waals surface area contributed by atoms with Crippen LogP contribution < -0.4 is 0 Å². The van der Waals surface area contributed by atoms with E-state index in [4.69, 9.17) is 28.4 Å². The molecule has 3 fully saturated rings. The molecule has 38 heavy (non-hydrogen) atoms. The molecule has 15 atom stereocenters. The lowest BCUT2D eigenvalue weighted by molar-refractivity contribution is -0.389. The smallest absolute Gasteiger partial charge is 0.187 e. The van der Waals surface area contributed by atoms with E-state index < -0.39 is 118 Å². The lowest BCUT2D eigenvalue weighted by Crippen LogP contribution is -2.66. The fourth-order valence-electron chi connectivity index (χ4n) is 4.47. The van der Waals surface area contributed by atoms with Crippen LogP contribution in [0.5, 0.6) is 0 Å². The van der Waals surface area contributed by atoms with Gasteiger partial charge in [0.1, 0.15) is 73.2 Å². The highest BCUT2D eigenvalue weighted by atomic mass is 16.8. The van der Waals surface area contributed by atoms with Gasteiger partial charge in [0.05, 0.1) is 25.4 Å². The fourth-order valence-corrected chi connectivity index (χ4v) is 4.47. The predicted octanol–water partition coefficient (Wildman–Crippen LogP) is -5.75. The average Bonchev–Trinajstić information content (AvgIpc) is 2.86. The molecule has 16 nitrogen and oxygen atoms in total. The number of hydrogen-bond donors (Lipinski definition) is 10. The van der Waals surface area contributed by atoms with Crippen molar-refractivity contribution in [2.24, 2.45) is 0 Å². The maximum atomic E-state index is 10.8. The Morgan fingerprint density at radius 1 is 0.500 bits per heavy atom. The van der Waals surface area contributed by atoms with Gasteiger partial charge in [0, 0.05) is 0 Å². The van der Waals surface area contributed by atoms with Crippen molar-refractivity contribution in [3.05, 3.63) is 0 Å². The van der Waals surface area contributed by atoms with Crippen LogP contribution in [0.25, 0.3) is 0 Å². The molecule has 3 aliphatic heterocycles. The van der Waals surface area contributed by atoms with E-state index >= 15 is 0 Å². The molecule has 0 bridgehead atoms. The Bertz CT molecular complexity index is 733. The van der Waals surface area contributed by atoms with Crippen LogP contribution in [0.2, 0.25) is 0 Å². The van der Waals surface area contributed by atoms with E-state index in [1.165, 1.54) is 0 Å². The van der Waals surface area contributed by atoms with Gasteiger partial charge in [-0.2, -0.15) is 0 Å². The minimum atomic E-state index is -1.89. The second kappa shape index (κ2) is 12.9. The summed E-state index contributed by atoms with van der Waals surface area (Å²) in [4.78, 5) is 0. The minimum absolute atomic E-state index is 0.639. The lowest BCUT2D eigenvalue weighted by atomic mass is 9.96. The first kappa shape index (κ1) is 31.9. The van der Waals surface area contributed by atoms with E-state index in [0.29, 0.717) is 0 Å². The number of hydrogen-bond acceptors (Lipinski definition) is 16. The third kappa shape index (κ3) is 6.80. The summed E-state index contributed by atoms with van der Waals surface area (Å²) in [6, 6.07) is 0. The highest BCUT2D eigenvalue weighted by Crippen LogP contribution is 2.33. The van der Waals surface area contributed by atoms with Crippen LogP contribution in [0.15, 0.2) is 0 Å². The van der Waals surface area contributed by atoms with Crippen molar-refractivity contribution < 1.29 is 79.5 Å². The molecule has 10 N–H and O–H groups in total. The molecular formula is C22H40O16. The van der Waals surface area contributed by atoms with E-state index in [1.54, 1.807) is 20.8 Å². The van der Waals surface area contributed by atoms with Gasteiger partial charge in [0.2, 0.25) is 0 Å². The first-order chi connectivity index (χ1) is 17.7. The van der Waals surface area contributed by atoms with Gasteiger partial charge in [-0.05, 0) is 20.8 Å². The standard InChI is InChI=1S/C22H40O16/c1-22(2,3)38-21-18(13(29)11(27)8(5-24)34-21)37-20-16(32)14(30)17(9(6-25)35-20)36-19-15(31)12(28)10(26)7(4-23)33-19/h7-21,23-32H,4-6H2,1-3H3/t7-,8-,9-,10-,11-,12+,13+,14-,15-,16-,17-,18-,19+,20+,21+/m1/s1. The quantitative estimate of drug-likeness (QED) is 0.133. The number of rotatable bonds is 8. The molecule has 0 unspecified atom stereocenters. The molecule has 3 rings (SSSR count). The molecule has 16 heteroatoms. The Hall–Kier alpha value is -0.640. The summed E-state index contributed by atoms with van der Waals surface area (Å²) in [6.07, 6.45) is -24.0. The first-order valence-corrected chi connectivity index (χ1v) is 12.3. The second-order valence-electron chi connectivity index (χ2n) is 10.5. The summed E-state index contributed by atoms with van der Waals surface area (Å²) >= 11 is 0. The Kier molecular flexibility index (Phi) is 10.8. The molecule has 3 aliphatic rings. The van der Waals surface area contributed by atoms with E-state index in [2.05, 4.69) is 0 Å². The second-order valence-corrected chi connectivity index (χ2v) is 10.5. The molecule has 0 spiro atoms. The summed E-state index contributed by atoms with van der Waals surface area (Å²) in [7, 11) is 0. The van der Waals surface area contributed by atoms with Gasteiger partial charge in [0.15, 0.2) is 18.9 Å². The normalized spacial score (nSPS) is 48.7. The van der Waals surface area contributed by atoms with Crippen LogP contribution in [-0.4, -0.2) is 169 Å². The molecule has 0 saturated carbocycles. The zero-order valence-corrected chi connectivity index (χ0v) is 21.2. The molecule has 0 amide bonds. The molecule has 0 aromatic rings. The van der Waals surface area contributed by atoms with Crippen molar-refractivity contribution in [1.29, 1.82) is 0 Å². The molecular weight excluding hydrogens is 520 g/mol. The van der Waals surface area contributed by atoms with Crippen LogP contribution in [0.4, 0.5) is 0 Å². The van der Waals surface area contributed by atoms with E-state index in [1.807, 2.05) is 0 Å². The van der Waals surface area contributed by atoms with Gasteiger partial charge in [0.25, 0.3) is 0 Å². The Morgan fingerprint density at radius 2 is 0.895 bits per heavy atom. The van der Waals surface area contributed by atoms with Crippen LogP contribution in [0, 0.1) is 0 Å². The number of aliphatic hydroxyl groups is 10. The Morgan fingerprint density at radius 3 is 1.39 bits per heavy atom. The topological polar surface area (TPSA) is 258 Å². The maximum absolute atomic E-state index is 10.8. The zero-order chi connectivity index (χ0) is 28.5. The van der Waals surface area contributed by atoms with Crippen LogP contribution in [0.1, 0.15) is 20.8 Å². The van der Waals surface area contributed by atoms with E-state index in [0.717, 1.165) is 0 Å². The van der Waals surface area contributed by atoms with Gasteiger partial charge < -0.3 is 79.5 Å². The maximum Gasteiger partial charge on any atom is 0.187 e. The summed E-state index contributed by atoms with van der Waals surface area (Å²) in [5.74, 6) is 0. The zero-order valence-electron chi connectivity index (χ0n) is 21.2. The van der Waals surface area contributed by atoms with Crippen LogP contribution in [-0.2, 0) is 28.4 Å². The molecule has 0 aliphatic carbocycles. The highest BCUT2D eigenvalue weighted by Gasteiger charge is 2.54. The monoisotopic (exact) mass is 560 g/mol. The van der Waals surface area contributed by atoms with Gasteiger partial charge in [-0.15, -0.1) is 0 Å². The third-order valence-electron chi connectivity index (χ3n) is 6.55. The fraction of sp³-hybridized carbons (Fsp3) is 1.00. The minimum Gasteiger partial charge on any atom is -0.394 e. The van der Waals surface area contributed by atoms with E-state index in [-0.39, 0.29) is 0 Å². The van der Waals surface area contributed by atoms with Gasteiger partial charge in [-0.1, -0.05) is 0 Å². The molecule has 3 heterocycles. The van der Waals surface area contributed by atoms with Crippen molar-refractivity contribution in [2.75, 3.05) is 19.8 Å². The Balaban J connectivity index is 1.76. The molecule has 0 aromatic heterocycles. The van der Waals surface area contributed by atoms with Crippen molar-refractivity contribution in [2.45, 2.75) is 118 Å². The van der Waals surface area contributed by atoms with E-state index in [9.17, 15) is 51.1 Å². The van der Waals surface area contributed by atoms with Gasteiger partial charge >= 0.3 is 0 Å². The van der Waals surface area contributed by atoms with Gasteiger partial charge in [-0.25, -0.2) is 0 Å². The average molecular weight is 561 g/mol. The van der Waals surface area contributed by atoms with Crippen molar-refractivity contribution in [3.63, 3.8) is 0 Å². The van der Waals surface area contributed by atoms with Gasteiger partial charge in [-0.3, -0.25) is 0 Å². The molecule has 0 radical (unpaired) electrons. The van der Waals surface area contributed by atoms with Crippen molar-refractivity contribution in [1.82, 2.24) is 0 Å². The molecule has 3 saturated heterocycles. The molecule has 224 valence electrons. The lowest BCUT2D eigenvalue weighted by Gasteiger charge is -2.48. The Labute approximate surface area is 218 Å².